The molecule has 0 bridgehead atoms. The Balaban J connectivity index is 2.24. The molecule has 26 heavy (non-hydrogen) atoms. The van der Waals surface area contributed by atoms with E-state index in [4.69, 9.17) is 0 Å². The number of carbonyl (C=O) groups is 3. The largest absolute Gasteiger partial charge is 0.465 e. The lowest BCUT2D eigenvalue weighted by Gasteiger charge is -2.08. The molecule has 2 rings (SSSR count). The topological polar surface area (TPSA) is 81.7 Å². The first-order valence-corrected chi connectivity index (χ1v) is 7.81. The summed E-state index contributed by atoms with van der Waals surface area (Å²) in [5, 5.41) is 2.63. The third kappa shape index (κ3) is 4.80. The summed E-state index contributed by atoms with van der Waals surface area (Å²) in [6, 6.07) is 11.8. The molecule has 1 amide bonds. The Labute approximate surface area is 151 Å². The number of amides is 1. The van der Waals surface area contributed by atoms with Crippen LogP contribution in [0.25, 0.3) is 6.08 Å². The molecule has 0 saturated heterocycles. The van der Waals surface area contributed by atoms with Crippen LogP contribution in [0.2, 0.25) is 0 Å². The van der Waals surface area contributed by atoms with Crippen molar-refractivity contribution in [2.75, 3.05) is 19.5 Å². The zero-order valence-corrected chi connectivity index (χ0v) is 14.7. The number of anilines is 1. The molecule has 0 aliphatic heterocycles. The molecule has 0 atom stereocenters. The van der Waals surface area contributed by atoms with E-state index in [1.807, 2.05) is 31.2 Å². The summed E-state index contributed by atoms with van der Waals surface area (Å²) in [6.07, 6.45) is 3.07. The predicted octanol–water partition coefficient (Wildman–Crippen LogP) is 3.22. The first-order chi connectivity index (χ1) is 12.4. The maximum absolute atomic E-state index is 12.2. The first-order valence-electron chi connectivity index (χ1n) is 7.81. The van der Waals surface area contributed by atoms with Gasteiger partial charge in [0.25, 0.3) is 0 Å². The third-order valence-electron chi connectivity index (χ3n) is 3.65. The van der Waals surface area contributed by atoms with Gasteiger partial charge in [0.05, 0.1) is 25.3 Å². The fourth-order valence-electron chi connectivity index (χ4n) is 2.29. The van der Waals surface area contributed by atoms with Crippen LogP contribution in [0.15, 0.2) is 48.5 Å². The van der Waals surface area contributed by atoms with Crippen molar-refractivity contribution in [3.05, 3.63) is 70.8 Å². The summed E-state index contributed by atoms with van der Waals surface area (Å²) < 4.78 is 9.33. The van der Waals surface area contributed by atoms with Crippen LogP contribution >= 0.6 is 0 Å². The van der Waals surface area contributed by atoms with Crippen LogP contribution < -0.4 is 5.32 Å². The molecule has 1 N–H and O–H groups in total. The fraction of sp³-hybridized carbons (Fsp3) is 0.150. The molecule has 0 heterocycles. The zero-order valence-electron chi connectivity index (χ0n) is 14.7. The summed E-state index contributed by atoms with van der Waals surface area (Å²) in [4.78, 5) is 35.7. The summed E-state index contributed by atoms with van der Waals surface area (Å²) in [5.41, 5.74) is 2.51. The Bertz CT molecular complexity index is 836. The summed E-state index contributed by atoms with van der Waals surface area (Å²) in [7, 11) is 2.46. The van der Waals surface area contributed by atoms with Gasteiger partial charge in [0.1, 0.15) is 0 Å². The van der Waals surface area contributed by atoms with Crippen molar-refractivity contribution < 1.29 is 23.9 Å². The molecule has 0 saturated carbocycles. The SMILES string of the molecule is COC(=O)c1cc(NC(=O)C=Cc2ccccc2C)cc(C(=O)OC)c1. The molecule has 0 aliphatic carbocycles. The number of ether oxygens (including phenoxy) is 2. The van der Waals surface area contributed by atoms with Crippen LogP contribution in [0.5, 0.6) is 0 Å². The van der Waals surface area contributed by atoms with Crippen molar-refractivity contribution in [3.8, 4) is 0 Å². The van der Waals surface area contributed by atoms with Gasteiger partial charge in [-0.05, 0) is 42.3 Å². The van der Waals surface area contributed by atoms with Crippen molar-refractivity contribution >= 4 is 29.6 Å². The summed E-state index contributed by atoms with van der Waals surface area (Å²) in [6.45, 7) is 1.94. The molecule has 134 valence electrons. The molecule has 2 aromatic rings. The van der Waals surface area contributed by atoms with Crippen LogP contribution in [0, 0.1) is 6.92 Å². The van der Waals surface area contributed by atoms with Crippen LogP contribution in [0.4, 0.5) is 5.69 Å². The maximum atomic E-state index is 12.2. The second kappa shape index (κ2) is 8.62. The van der Waals surface area contributed by atoms with Crippen LogP contribution in [-0.2, 0) is 14.3 Å². The highest BCUT2D eigenvalue weighted by Crippen LogP contribution is 2.17. The molecule has 0 spiro atoms. The minimum atomic E-state index is -0.623. The Morgan fingerprint density at radius 2 is 1.50 bits per heavy atom. The highest BCUT2D eigenvalue weighted by molar-refractivity contribution is 6.04. The average Bonchev–Trinajstić information content (AvgIpc) is 2.65. The van der Waals surface area contributed by atoms with Gasteiger partial charge >= 0.3 is 11.9 Å². The Morgan fingerprint density at radius 1 is 0.923 bits per heavy atom. The van der Waals surface area contributed by atoms with Gasteiger partial charge in [0.15, 0.2) is 0 Å². The lowest BCUT2D eigenvalue weighted by molar-refractivity contribution is -0.111. The zero-order chi connectivity index (χ0) is 19.1. The van der Waals surface area contributed by atoms with Crippen LogP contribution in [0.3, 0.4) is 0 Å². The highest BCUT2D eigenvalue weighted by atomic mass is 16.5. The lowest BCUT2D eigenvalue weighted by Crippen LogP contribution is -2.12. The average molecular weight is 353 g/mol. The highest BCUT2D eigenvalue weighted by Gasteiger charge is 2.14. The Hall–Kier alpha value is -3.41. The molecule has 0 unspecified atom stereocenters. The van der Waals surface area contributed by atoms with E-state index in [2.05, 4.69) is 14.8 Å². The van der Waals surface area contributed by atoms with E-state index < -0.39 is 17.8 Å². The van der Waals surface area contributed by atoms with E-state index in [0.717, 1.165) is 11.1 Å². The Kier molecular flexibility index (Phi) is 6.27. The van der Waals surface area contributed by atoms with Gasteiger partial charge in [-0.2, -0.15) is 0 Å². The molecule has 0 fully saturated rings. The number of esters is 2. The van der Waals surface area contributed by atoms with Crippen molar-refractivity contribution in [2.24, 2.45) is 0 Å². The molecule has 0 radical (unpaired) electrons. The minimum Gasteiger partial charge on any atom is -0.465 e. The van der Waals surface area contributed by atoms with Crippen molar-refractivity contribution in [1.82, 2.24) is 0 Å². The summed E-state index contributed by atoms with van der Waals surface area (Å²) >= 11 is 0. The molecule has 6 nitrogen and oxygen atoms in total. The Morgan fingerprint density at radius 3 is 2.04 bits per heavy atom. The van der Waals surface area contributed by atoms with Crippen molar-refractivity contribution in [2.45, 2.75) is 6.92 Å². The standard InChI is InChI=1S/C20H19NO5/c1-13-6-4-5-7-14(13)8-9-18(22)21-17-11-15(19(23)25-2)10-16(12-17)20(24)26-3/h4-12H,1-3H3,(H,21,22). The molecule has 0 aliphatic rings. The molecular weight excluding hydrogens is 334 g/mol. The number of hydrogen-bond acceptors (Lipinski definition) is 5. The molecule has 0 aromatic heterocycles. The number of benzene rings is 2. The van der Waals surface area contributed by atoms with Crippen molar-refractivity contribution in [1.29, 1.82) is 0 Å². The minimum absolute atomic E-state index is 0.133. The first kappa shape index (κ1) is 18.9. The van der Waals surface area contributed by atoms with E-state index in [9.17, 15) is 14.4 Å². The van der Waals surface area contributed by atoms with E-state index >= 15 is 0 Å². The van der Waals surface area contributed by atoms with E-state index in [1.165, 1.54) is 38.5 Å². The number of carbonyl (C=O) groups excluding carboxylic acids is 3. The second-order valence-corrected chi connectivity index (χ2v) is 5.46. The fourth-order valence-corrected chi connectivity index (χ4v) is 2.29. The number of nitrogens with one attached hydrogen (secondary N) is 1. The second-order valence-electron chi connectivity index (χ2n) is 5.46. The van der Waals surface area contributed by atoms with E-state index in [-0.39, 0.29) is 16.8 Å². The third-order valence-corrected chi connectivity index (χ3v) is 3.65. The van der Waals surface area contributed by atoms with Gasteiger partial charge in [-0.15, -0.1) is 0 Å². The van der Waals surface area contributed by atoms with Crippen LogP contribution in [-0.4, -0.2) is 32.1 Å². The summed E-state index contributed by atoms with van der Waals surface area (Å²) in [5.74, 6) is -1.64. The van der Waals surface area contributed by atoms with Gasteiger partial charge in [-0.3, -0.25) is 4.79 Å². The molecule has 6 heteroatoms. The smallest absolute Gasteiger partial charge is 0.337 e. The van der Waals surface area contributed by atoms with Crippen molar-refractivity contribution in [3.63, 3.8) is 0 Å². The van der Waals surface area contributed by atoms with Gasteiger partial charge < -0.3 is 14.8 Å². The molecule has 2 aromatic carbocycles. The van der Waals surface area contributed by atoms with Gasteiger partial charge in [-0.25, -0.2) is 9.59 Å². The molecular formula is C20H19NO5. The number of methoxy groups -OCH3 is 2. The van der Waals surface area contributed by atoms with E-state index in [1.54, 1.807) is 6.08 Å². The normalized spacial score (nSPS) is 10.4. The monoisotopic (exact) mass is 353 g/mol. The maximum Gasteiger partial charge on any atom is 0.337 e. The number of hydrogen-bond donors (Lipinski definition) is 1. The van der Waals surface area contributed by atoms with Crippen LogP contribution in [0.1, 0.15) is 31.8 Å². The number of aryl methyl sites for hydroxylation is 1. The van der Waals surface area contributed by atoms with Gasteiger partial charge in [0.2, 0.25) is 5.91 Å². The van der Waals surface area contributed by atoms with E-state index in [0.29, 0.717) is 0 Å². The predicted molar refractivity (Wildman–Crippen MR) is 98.0 cm³/mol. The van der Waals surface area contributed by atoms with Gasteiger partial charge in [0, 0.05) is 11.8 Å². The quantitative estimate of drug-likeness (QED) is 0.659. The number of rotatable bonds is 5. The van der Waals surface area contributed by atoms with Gasteiger partial charge in [-0.1, -0.05) is 24.3 Å². The lowest BCUT2D eigenvalue weighted by atomic mass is 10.1.